The van der Waals surface area contributed by atoms with Crippen LogP contribution in [-0.2, 0) is 13.0 Å². The van der Waals surface area contributed by atoms with Crippen LogP contribution in [0.2, 0.25) is 10.0 Å². The van der Waals surface area contributed by atoms with E-state index in [2.05, 4.69) is 10.2 Å². The van der Waals surface area contributed by atoms with E-state index in [1.54, 1.807) is 6.07 Å². The number of hydrogen-bond acceptors (Lipinski definition) is 3. The molecule has 7 heteroatoms. The molecule has 0 spiro atoms. The van der Waals surface area contributed by atoms with Gasteiger partial charge in [-0.25, -0.2) is 4.39 Å². The van der Waals surface area contributed by atoms with Crippen molar-refractivity contribution in [2.75, 3.05) is 19.6 Å². The molecule has 1 aliphatic heterocycles. The molecule has 1 fully saturated rings. The zero-order valence-electron chi connectivity index (χ0n) is 15.2. The Morgan fingerprint density at radius 1 is 1.19 bits per heavy atom. The van der Waals surface area contributed by atoms with Crippen molar-refractivity contribution in [2.24, 2.45) is 0 Å². The average Bonchev–Trinajstić information content (AvgIpc) is 3.09. The van der Waals surface area contributed by atoms with Crippen molar-refractivity contribution in [3.8, 4) is 0 Å². The van der Waals surface area contributed by atoms with E-state index >= 15 is 4.39 Å². The monoisotopic (exact) mass is 412 g/mol. The molecule has 1 saturated heterocycles. The molecule has 146 valence electrons. The van der Waals surface area contributed by atoms with E-state index in [0.29, 0.717) is 48.1 Å². The summed E-state index contributed by atoms with van der Waals surface area (Å²) in [5.41, 5.74) is -1.08. The first-order valence-electron chi connectivity index (χ1n) is 9.10. The SMILES string of the molecule is CCc1ccc(CN2CCC(F)(CNC(=O)c3cc(Cl)cc(Cl)c3)CC2)o1. The molecule has 0 saturated carbocycles. The molecule has 0 bridgehead atoms. The predicted molar refractivity (Wildman–Crippen MR) is 105 cm³/mol. The zero-order valence-corrected chi connectivity index (χ0v) is 16.7. The molecular formula is C20H23Cl2FN2O2. The summed E-state index contributed by atoms with van der Waals surface area (Å²) in [4.78, 5) is 14.4. The molecule has 0 atom stereocenters. The maximum absolute atomic E-state index is 15.1. The van der Waals surface area contributed by atoms with Crippen LogP contribution in [-0.4, -0.2) is 36.1 Å². The minimum absolute atomic E-state index is 0.0233. The third-order valence-corrected chi connectivity index (χ3v) is 5.32. The Morgan fingerprint density at radius 2 is 1.81 bits per heavy atom. The lowest BCUT2D eigenvalue weighted by Crippen LogP contribution is -2.48. The molecule has 2 aromatic rings. The lowest BCUT2D eigenvalue weighted by atomic mass is 9.93. The molecular weight excluding hydrogens is 390 g/mol. The van der Waals surface area contributed by atoms with Gasteiger partial charge in [-0.1, -0.05) is 30.1 Å². The Kier molecular flexibility index (Phi) is 6.45. The predicted octanol–water partition coefficient (Wildman–Crippen LogP) is 4.88. The fraction of sp³-hybridized carbons (Fsp3) is 0.450. The minimum Gasteiger partial charge on any atom is -0.465 e. The molecule has 1 amide bonds. The average molecular weight is 413 g/mol. The van der Waals surface area contributed by atoms with Crippen molar-refractivity contribution >= 4 is 29.1 Å². The number of halogens is 3. The van der Waals surface area contributed by atoms with Crippen molar-refractivity contribution in [1.82, 2.24) is 10.2 Å². The van der Waals surface area contributed by atoms with Crippen LogP contribution in [0.3, 0.4) is 0 Å². The van der Waals surface area contributed by atoms with Gasteiger partial charge in [0.05, 0.1) is 13.1 Å². The van der Waals surface area contributed by atoms with Gasteiger partial charge in [0.25, 0.3) is 5.91 Å². The first kappa shape index (κ1) is 20.2. The number of aryl methyl sites for hydroxylation is 1. The normalized spacial score (nSPS) is 17.0. The highest BCUT2D eigenvalue weighted by Gasteiger charge is 2.35. The lowest BCUT2D eigenvalue weighted by molar-refractivity contribution is 0.0493. The standard InChI is InChI=1S/C20H23Cl2FN2O2/c1-2-17-3-4-18(27-17)12-25-7-5-20(23,6-8-25)13-24-19(26)14-9-15(21)11-16(22)10-14/h3-4,9-11H,2,5-8,12-13H2,1H3,(H,24,26). The molecule has 1 N–H and O–H groups in total. The molecule has 1 aliphatic rings. The molecule has 1 aromatic carbocycles. The second kappa shape index (κ2) is 8.63. The number of nitrogens with one attached hydrogen (secondary N) is 1. The largest absolute Gasteiger partial charge is 0.465 e. The zero-order chi connectivity index (χ0) is 19.4. The molecule has 27 heavy (non-hydrogen) atoms. The number of nitrogens with zero attached hydrogens (tertiary/aromatic N) is 1. The minimum atomic E-state index is -1.41. The van der Waals surface area contributed by atoms with Gasteiger partial charge in [0, 0.05) is 35.1 Å². The van der Waals surface area contributed by atoms with Crippen LogP contribution in [0.4, 0.5) is 4.39 Å². The van der Waals surface area contributed by atoms with Crippen LogP contribution in [0.1, 0.15) is 41.6 Å². The van der Waals surface area contributed by atoms with E-state index in [4.69, 9.17) is 27.6 Å². The van der Waals surface area contributed by atoms with Crippen LogP contribution >= 0.6 is 23.2 Å². The number of carbonyl (C=O) groups excluding carboxylic acids is 1. The number of furan rings is 1. The maximum Gasteiger partial charge on any atom is 0.251 e. The van der Waals surface area contributed by atoms with Gasteiger partial charge in [-0.2, -0.15) is 0 Å². The van der Waals surface area contributed by atoms with Gasteiger partial charge in [-0.15, -0.1) is 0 Å². The molecule has 0 radical (unpaired) electrons. The summed E-state index contributed by atoms with van der Waals surface area (Å²) in [7, 11) is 0. The van der Waals surface area contributed by atoms with E-state index in [0.717, 1.165) is 17.9 Å². The highest BCUT2D eigenvalue weighted by Crippen LogP contribution is 2.27. The van der Waals surface area contributed by atoms with E-state index in [9.17, 15) is 4.79 Å². The van der Waals surface area contributed by atoms with Crippen molar-refractivity contribution in [2.45, 2.75) is 38.4 Å². The smallest absolute Gasteiger partial charge is 0.251 e. The second-order valence-corrected chi connectivity index (χ2v) is 7.86. The van der Waals surface area contributed by atoms with Gasteiger partial charge >= 0.3 is 0 Å². The van der Waals surface area contributed by atoms with E-state index in [1.165, 1.54) is 12.1 Å². The molecule has 0 unspecified atom stereocenters. The summed E-state index contributed by atoms with van der Waals surface area (Å²) in [6.45, 7) is 3.95. The third kappa shape index (κ3) is 5.47. The molecule has 3 rings (SSSR count). The fourth-order valence-electron chi connectivity index (χ4n) is 3.23. The van der Waals surface area contributed by atoms with Gasteiger partial charge in [0.15, 0.2) is 0 Å². The van der Waals surface area contributed by atoms with Crippen LogP contribution in [0, 0.1) is 0 Å². The van der Waals surface area contributed by atoms with Gasteiger partial charge in [-0.3, -0.25) is 9.69 Å². The van der Waals surface area contributed by atoms with Crippen LogP contribution in [0.15, 0.2) is 34.7 Å². The highest BCUT2D eigenvalue weighted by molar-refractivity contribution is 6.35. The van der Waals surface area contributed by atoms with Crippen molar-refractivity contribution in [3.63, 3.8) is 0 Å². The Labute approximate surface area is 168 Å². The topological polar surface area (TPSA) is 45.5 Å². The summed E-state index contributed by atoms with van der Waals surface area (Å²) < 4.78 is 20.8. The Balaban J connectivity index is 1.49. The summed E-state index contributed by atoms with van der Waals surface area (Å²) in [5.74, 6) is 1.50. The van der Waals surface area contributed by atoms with Crippen LogP contribution < -0.4 is 5.32 Å². The Morgan fingerprint density at radius 3 is 2.41 bits per heavy atom. The van der Waals surface area contributed by atoms with E-state index in [-0.39, 0.29) is 12.5 Å². The first-order chi connectivity index (χ1) is 12.9. The van der Waals surface area contributed by atoms with Gasteiger partial charge < -0.3 is 9.73 Å². The Bertz CT molecular complexity index is 781. The van der Waals surface area contributed by atoms with Crippen LogP contribution in [0.5, 0.6) is 0 Å². The molecule has 4 nitrogen and oxygen atoms in total. The summed E-state index contributed by atoms with van der Waals surface area (Å²) >= 11 is 11.8. The van der Waals surface area contributed by atoms with E-state index < -0.39 is 5.67 Å². The van der Waals surface area contributed by atoms with Crippen molar-refractivity contribution < 1.29 is 13.6 Å². The quantitative estimate of drug-likeness (QED) is 0.734. The number of carbonyl (C=O) groups is 1. The van der Waals surface area contributed by atoms with Crippen LogP contribution in [0.25, 0.3) is 0 Å². The molecule has 1 aromatic heterocycles. The number of alkyl halides is 1. The van der Waals surface area contributed by atoms with Crippen molar-refractivity contribution in [3.05, 3.63) is 57.5 Å². The number of hydrogen-bond donors (Lipinski definition) is 1. The molecule has 2 heterocycles. The van der Waals surface area contributed by atoms with E-state index in [1.807, 2.05) is 19.1 Å². The van der Waals surface area contributed by atoms with Crippen molar-refractivity contribution in [1.29, 1.82) is 0 Å². The molecule has 0 aliphatic carbocycles. The first-order valence-corrected chi connectivity index (χ1v) is 9.86. The number of benzene rings is 1. The maximum atomic E-state index is 15.1. The van der Waals surface area contributed by atoms with Gasteiger partial charge in [-0.05, 0) is 43.2 Å². The summed E-state index contributed by atoms with van der Waals surface area (Å²) in [6, 6.07) is 8.55. The third-order valence-electron chi connectivity index (χ3n) is 4.89. The Hall–Kier alpha value is -1.56. The fourth-order valence-corrected chi connectivity index (χ4v) is 3.76. The lowest BCUT2D eigenvalue weighted by Gasteiger charge is -2.36. The number of rotatable bonds is 6. The number of piperidine rings is 1. The number of likely N-dealkylation sites (tertiary alicyclic amines) is 1. The summed E-state index contributed by atoms with van der Waals surface area (Å²) in [5, 5.41) is 3.42. The highest BCUT2D eigenvalue weighted by atomic mass is 35.5. The second-order valence-electron chi connectivity index (χ2n) is 6.99. The van der Waals surface area contributed by atoms with Gasteiger partial charge in [0.1, 0.15) is 17.2 Å². The van der Waals surface area contributed by atoms with Gasteiger partial charge in [0.2, 0.25) is 0 Å². The summed E-state index contributed by atoms with van der Waals surface area (Å²) in [6.07, 6.45) is 1.60. The number of amides is 1.